The SMILES string of the molecule is CC1CN(S(=O)(=O)c2cc(C(=O)NCCCNc3ccccc3)ccc2Cl)CC(C)O1. The molecule has 2 aromatic carbocycles. The fourth-order valence-corrected chi connectivity index (χ4v) is 5.58. The highest BCUT2D eigenvalue weighted by Crippen LogP contribution is 2.28. The first-order valence-corrected chi connectivity index (χ1v) is 12.1. The fraction of sp³-hybridized carbons (Fsp3) is 0.409. The number of para-hydroxylation sites is 1. The lowest BCUT2D eigenvalue weighted by Crippen LogP contribution is -2.48. The molecule has 1 heterocycles. The minimum Gasteiger partial charge on any atom is -0.385 e. The van der Waals surface area contributed by atoms with Crippen LogP contribution >= 0.6 is 11.6 Å². The zero-order valence-electron chi connectivity index (χ0n) is 17.7. The Labute approximate surface area is 188 Å². The van der Waals surface area contributed by atoms with Gasteiger partial charge in [0.2, 0.25) is 10.0 Å². The van der Waals surface area contributed by atoms with E-state index in [0.29, 0.717) is 13.1 Å². The third-order valence-corrected chi connectivity index (χ3v) is 7.25. The summed E-state index contributed by atoms with van der Waals surface area (Å²) < 4.78 is 33.3. The van der Waals surface area contributed by atoms with Gasteiger partial charge in [0.15, 0.2) is 0 Å². The lowest BCUT2D eigenvalue weighted by atomic mass is 10.2. The Morgan fingerprint density at radius 1 is 1.10 bits per heavy atom. The van der Waals surface area contributed by atoms with Crippen molar-refractivity contribution in [3.63, 3.8) is 0 Å². The number of amides is 1. The van der Waals surface area contributed by atoms with Crippen molar-refractivity contribution < 1.29 is 17.9 Å². The zero-order valence-corrected chi connectivity index (χ0v) is 19.2. The van der Waals surface area contributed by atoms with Gasteiger partial charge < -0.3 is 15.4 Å². The molecule has 0 aromatic heterocycles. The van der Waals surface area contributed by atoms with Crippen LogP contribution in [0.15, 0.2) is 53.4 Å². The summed E-state index contributed by atoms with van der Waals surface area (Å²) in [6, 6.07) is 14.1. The number of sulfonamides is 1. The summed E-state index contributed by atoms with van der Waals surface area (Å²) in [5.74, 6) is -0.337. The maximum atomic E-state index is 13.2. The topological polar surface area (TPSA) is 87.7 Å². The van der Waals surface area contributed by atoms with Crippen LogP contribution in [0.4, 0.5) is 5.69 Å². The molecule has 168 valence electrons. The Bertz CT molecular complexity index is 991. The van der Waals surface area contributed by atoms with Gasteiger partial charge in [-0.25, -0.2) is 8.42 Å². The predicted octanol–water partition coefficient (Wildman–Crippen LogP) is 3.37. The molecule has 0 radical (unpaired) electrons. The van der Waals surface area contributed by atoms with Gasteiger partial charge >= 0.3 is 0 Å². The molecule has 3 rings (SSSR count). The molecular formula is C22H28ClN3O4S. The molecule has 1 aliphatic rings. The van der Waals surface area contributed by atoms with Crippen molar-refractivity contribution in [2.75, 3.05) is 31.5 Å². The molecule has 1 fully saturated rings. The number of ether oxygens (including phenoxy) is 1. The summed E-state index contributed by atoms with van der Waals surface area (Å²) in [5, 5.41) is 6.19. The summed E-state index contributed by atoms with van der Waals surface area (Å²) in [5.41, 5.74) is 1.28. The highest BCUT2D eigenvalue weighted by atomic mass is 35.5. The second kappa shape index (κ2) is 10.5. The Morgan fingerprint density at radius 2 is 1.77 bits per heavy atom. The molecule has 0 bridgehead atoms. The molecule has 9 heteroatoms. The van der Waals surface area contributed by atoms with E-state index in [2.05, 4.69) is 10.6 Å². The largest absolute Gasteiger partial charge is 0.385 e. The summed E-state index contributed by atoms with van der Waals surface area (Å²) in [4.78, 5) is 12.5. The van der Waals surface area contributed by atoms with Crippen molar-refractivity contribution in [3.8, 4) is 0 Å². The number of nitrogens with zero attached hydrogens (tertiary/aromatic N) is 1. The number of morpholine rings is 1. The smallest absolute Gasteiger partial charge is 0.251 e. The third kappa shape index (κ3) is 6.20. The standard InChI is InChI=1S/C22H28ClN3O4S/c1-16-14-26(15-17(2)30-16)31(28,29)21-13-18(9-10-20(21)23)22(27)25-12-6-11-24-19-7-4-3-5-8-19/h3-5,7-10,13,16-17,24H,6,11-12,14-15H2,1-2H3,(H,25,27). The van der Waals surface area contributed by atoms with E-state index in [9.17, 15) is 13.2 Å². The van der Waals surface area contributed by atoms with E-state index >= 15 is 0 Å². The van der Waals surface area contributed by atoms with Gasteiger partial charge in [-0.15, -0.1) is 0 Å². The molecule has 7 nitrogen and oxygen atoms in total. The molecule has 0 spiro atoms. The fourth-order valence-electron chi connectivity index (χ4n) is 3.49. The molecule has 2 atom stereocenters. The predicted molar refractivity (Wildman–Crippen MR) is 122 cm³/mol. The molecule has 1 aliphatic heterocycles. The highest BCUT2D eigenvalue weighted by molar-refractivity contribution is 7.89. The molecule has 1 amide bonds. The van der Waals surface area contributed by atoms with Gasteiger partial charge in [-0.3, -0.25) is 4.79 Å². The number of rotatable bonds is 8. The van der Waals surface area contributed by atoms with E-state index in [0.717, 1.165) is 12.1 Å². The van der Waals surface area contributed by atoms with Crippen LogP contribution in [0.25, 0.3) is 0 Å². The number of carbonyl (C=O) groups is 1. The van der Waals surface area contributed by atoms with Crippen molar-refractivity contribution >= 4 is 33.2 Å². The van der Waals surface area contributed by atoms with Gasteiger partial charge in [0.1, 0.15) is 4.90 Å². The van der Waals surface area contributed by atoms with Gasteiger partial charge in [-0.05, 0) is 50.6 Å². The van der Waals surface area contributed by atoms with Crippen LogP contribution in [-0.4, -0.2) is 57.0 Å². The van der Waals surface area contributed by atoms with Crippen LogP contribution in [0.5, 0.6) is 0 Å². The maximum absolute atomic E-state index is 13.2. The summed E-state index contributed by atoms with van der Waals surface area (Å²) >= 11 is 6.20. The number of hydrogen-bond acceptors (Lipinski definition) is 5. The first-order chi connectivity index (χ1) is 14.8. The minimum absolute atomic E-state index is 0.0612. The normalized spacial score (nSPS) is 19.7. The van der Waals surface area contributed by atoms with Crippen LogP contribution in [0.1, 0.15) is 30.6 Å². The molecule has 0 saturated carbocycles. The number of anilines is 1. The average molecular weight is 466 g/mol. The monoisotopic (exact) mass is 465 g/mol. The highest BCUT2D eigenvalue weighted by Gasteiger charge is 2.33. The molecule has 2 unspecified atom stereocenters. The summed E-state index contributed by atoms with van der Waals surface area (Å²) in [6.45, 7) is 5.31. The molecule has 1 saturated heterocycles. The van der Waals surface area contributed by atoms with Crippen molar-refractivity contribution in [1.82, 2.24) is 9.62 Å². The van der Waals surface area contributed by atoms with Crippen LogP contribution in [-0.2, 0) is 14.8 Å². The summed E-state index contributed by atoms with van der Waals surface area (Å²) in [7, 11) is -3.84. The van der Waals surface area contributed by atoms with Gasteiger partial charge in [0, 0.05) is 37.4 Å². The average Bonchev–Trinajstić information content (AvgIpc) is 2.73. The van der Waals surface area contributed by atoms with Crippen molar-refractivity contribution in [1.29, 1.82) is 0 Å². The van der Waals surface area contributed by atoms with Crippen LogP contribution in [0, 0.1) is 0 Å². The van der Waals surface area contributed by atoms with Crippen molar-refractivity contribution in [3.05, 3.63) is 59.1 Å². The second-order valence-electron chi connectivity index (χ2n) is 7.63. The Morgan fingerprint density at radius 3 is 2.45 bits per heavy atom. The molecule has 0 aliphatic carbocycles. The summed E-state index contributed by atoms with van der Waals surface area (Å²) in [6.07, 6.45) is 0.296. The first kappa shape index (κ1) is 23.5. The van der Waals surface area contributed by atoms with E-state index in [4.69, 9.17) is 16.3 Å². The van der Waals surface area contributed by atoms with Gasteiger partial charge in [0.25, 0.3) is 5.91 Å². The van der Waals surface area contributed by atoms with E-state index in [1.54, 1.807) is 0 Å². The molecule has 2 aromatic rings. The number of nitrogens with one attached hydrogen (secondary N) is 2. The quantitative estimate of drug-likeness (QED) is 0.583. The maximum Gasteiger partial charge on any atom is 0.251 e. The molecule has 2 N–H and O–H groups in total. The Balaban J connectivity index is 1.61. The zero-order chi connectivity index (χ0) is 22.4. The van der Waals surface area contributed by atoms with E-state index < -0.39 is 10.0 Å². The second-order valence-corrected chi connectivity index (χ2v) is 9.94. The van der Waals surface area contributed by atoms with Gasteiger partial charge in [-0.1, -0.05) is 29.8 Å². The number of carbonyl (C=O) groups excluding carboxylic acids is 1. The molecular weight excluding hydrogens is 438 g/mol. The van der Waals surface area contributed by atoms with Crippen LogP contribution in [0.2, 0.25) is 5.02 Å². The van der Waals surface area contributed by atoms with E-state index in [1.165, 1.54) is 22.5 Å². The number of hydrogen-bond donors (Lipinski definition) is 2. The lowest BCUT2D eigenvalue weighted by Gasteiger charge is -2.34. The Kier molecular flexibility index (Phi) is 7.94. The lowest BCUT2D eigenvalue weighted by molar-refractivity contribution is -0.0440. The van der Waals surface area contributed by atoms with Gasteiger partial charge in [-0.2, -0.15) is 4.31 Å². The van der Waals surface area contributed by atoms with Crippen LogP contribution in [0.3, 0.4) is 0 Å². The van der Waals surface area contributed by atoms with Crippen LogP contribution < -0.4 is 10.6 Å². The van der Waals surface area contributed by atoms with Crippen molar-refractivity contribution in [2.24, 2.45) is 0 Å². The molecule has 31 heavy (non-hydrogen) atoms. The third-order valence-electron chi connectivity index (χ3n) is 4.94. The number of halogens is 1. The minimum atomic E-state index is -3.84. The van der Waals surface area contributed by atoms with E-state index in [-0.39, 0.29) is 46.7 Å². The van der Waals surface area contributed by atoms with E-state index in [1.807, 2.05) is 44.2 Å². The van der Waals surface area contributed by atoms with Crippen molar-refractivity contribution in [2.45, 2.75) is 37.4 Å². The first-order valence-electron chi connectivity index (χ1n) is 10.3. The number of benzene rings is 2. The Hall–Kier alpha value is -2.13. The van der Waals surface area contributed by atoms with Gasteiger partial charge in [0.05, 0.1) is 17.2 Å².